The Kier molecular flexibility index (Phi) is 8.43. The van der Waals surface area contributed by atoms with E-state index in [1.165, 1.54) is 0 Å². The predicted molar refractivity (Wildman–Crippen MR) is 159 cm³/mol. The molecule has 0 spiro atoms. The van der Waals surface area contributed by atoms with E-state index in [2.05, 4.69) is 45.7 Å². The molecule has 198 valence electrons. The van der Waals surface area contributed by atoms with Crippen molar-refractivity contribution >= 4 is 31.9 Å². The molecule has 38 heavy (non-hydrogen) atoms. The van der Waals surface area contributed by atoms with Crippen LogP contribution >= 0.6 is 31.9 Å². The Balaban J connectivity index is 0.000000177. The van der Waals surface area contributed by atoms with Gasteiger partial charge in [-0.25, -0.2) is 0 Å². The molecule has 6 heteroatoms. The molecular weight excluding hydrogens is 608 g/mol. The van der Waals surface area contributed by atoms with Crippen molar-refractivity contribution in [3.05, 3.63) is 116 Å². The van der Waals surface area contributed by atoms with Crippen molar-refractivity contribution in [2.24, 2.45) is 0 Å². The van der Waals surface area contributed by atoms with Crippen LogP contribution in [0.15, 0.2) is 93.9 Å². The molecular formula is C32H32Br2O4. The Morgan fingerprint density at radius 2 is 0.974 bits per heavy atom. The number of hydrogen-bond acceptors (Lipinski definition) is 4. The van der Waals surface area contributed by atoms with Crippen LogP contribution in [0.5, 0.6) is 23.0 Å². The van der Waals surface area contributed by atoms with E-state index in [-0.39, 0.29) is 22.3 Å². The highest BCUT2D eigenvalue weighted by atomic mass is 79.9. The summed E-state index contributed by atoms with van der Waals surface area (Å²) < 4.78 is 1.35. The molecule has 1 aliphatic carbocycles. The first-order valence-electron chi connectivity index (χ1n) is 12.6. The number of phenols is 4. The maximum absolute atomic E-state index is 10.2. The normalized spacial score (nSPS) is 14.5. The molecule has 4 N–H and O–H groups in total. The van der Waals surface area contributed by atoms with Crippen LogP contribution in [0.4, 0.5) is 0 Å². The van der Waals surface area contributed by atoms with E-state index in [1.54, 1.807) is 24.3 Å². The summed E-state index contributed by atoms with van der Waals surface area (Å²) >= 11 is 6.68. The first-order chi connectivity index (χ1) is 18.1. The van der Waals surface area contributed by atoms with E-state index in [1.807, 2.05) is 60.7 Å². The standard InChI is InChI=1S/C17H18O2.C15H14Br2O2/c18-15-9-3-1-7-13(15)17(11-5-6-12-17)14-8-2-4-10-16(14)19;1-15(2,9-3-5-13(18)11(16)7-9)10-4-6-14(19)12(17)8-10/h1-4,7-10,18-19H,5-6,11-12H2;3-8,18-19H,1-2H3. The molecule has 0 heterocycles. The fourth-order valence-electron chi connectivity index (χ4n) is 5.38. The fraction of sp³-hybridized carbons (Fsp3) is 0.250. The molecule has 0 aliphatic heterocycles. The van der Waals surface area contributed by atoms with Crippen molar-refractivity contribution in [3.8, 4) is 23.0 Å². The molecule has 0 bridgehead atoms. The van der Waals surface area contributed by atoms with E-state index in [0.717, 1.165) is 47.9 Å². The first kappa shape index (κ1) is 28.1. The molecule has 5 rings (SSSR count). The van der Waals surface area contributed by atoms with Gasteiger partial charge < -0.3 is 20.4 Å². The summed E-state index contributed by atoms with van der Waals surface area (Å²) in [6, 6.07) is 26.0. The largest absolute Gasteiger partial charge is 0.508 e. The fourth-order valence-corrected chi connectivity index (χ4v) is 6.13. The zero-order chi connectivity index (χ0) is 27.5. The minimum atomic E-state index is -0.239. The van der Waals surface area contributed by atoms with Crippen molar-refractivity contribution < 1.29 is 20.4 Å². The van der Waals surface area contributed by atoms with E-state index in [9.17, 15) is 20.4 Å². The van der Waals surface area contributed by atoms with Crippen LogP contribution in [-0.2, 0) is 10.8 Å². The lowest BCUT2D eigenvalue weighted by molar-refractivity contribution is 0.415. The summed E-state index contributed by atoms with van der Waals surface area (Å²) in [5.41, 5.74) is 3.57. The summed E-state index contributed by atoms with van der Waals surface area (Å²) in [5, 5.41) is 39.6. The van der Waals surface area contributed by atoms with Crippen LogP contribution in [0, 0.1) is 0 Å². The number of phenolic OH excluding ortho intramolecular Hbond substituents is 4. The van der Waals surface area contributed by atoms with Crippen LogP contribution in [0.3, 0.4) is 0 Å². The van der Waals surface area contributed by atoms with Gasteiger partial charge in [0, 0.05) is 22.0 Å². The second-order valence-electron chi connectivity index (χ2n) is 10.3. The maximum Gasteiger partial charge on any atom is 0.129 e. The van der Waals surface area contributed by atoms with Crippen molar-refractivity contribution in [2.75, 3.05) is 0 Å². The molecule has 4 aromatic carbocycles. The Bertz CT molecular complexity index is 1320. The molecule has 0 aromatic heterocycles. The van der Waals surface area contributed by atoms with Gasteiger partial charge in [-0.3, -0.25) is 0 Å². The molecule has 0 atom stereocenters. The molecule has 1 aliphatic rings. The van der Waals surface area contributed by atoms with Crippen LogP contribution in [0.25, 0.3) is 0 Å². The van der Waals surface area contributed by atoms with Crippen LogP contribution in [0.1, 0.15) is 61.8 Å². The second kappa shape index (κ2) is 11.4. The minimum Gasteiger partial charge on any atom is -0.508 e. The monoisotopic (exact) mass is 638 g/mol. The lowest BCUT2D eigenvalue weighted by Gasteiger charge is -2.31. The zero-order valence-electron chi connectivity index (χ0n) is 21.5. The van der Waals surface area contributed by atoms with Crippen LogP contribution in [-0.4, -0.2) is 20.4 Å². The number of benzene rings is 4. The molecule has 0 saturated heterocycles. The van der Waals surface area contributed by atoms with Crippen LogP contribution in [0.2, 0.25) is 0 Å². The summed E-state index contributed by atoms with van der Waals surface area (Å²) in [6.45, 7) is 4.20. The Labute approximate surface area is 240 Å². The third kappa shape index (κ3) is 5.57. The first-order valence-corrected chi connectivity index (χ1v) is 14.2. The molecule has 0 amide bonds. The van der Waals surface area contributed by atoms with Gasteiger partial charge in [-0.15, -0.1) is 0 Å². The highest BCUT2D eigenvalue weighted by Crippen LogP contribution is 2.51. The Hall–Kier alpha value is -2.96. The van der Waals surface area contributed by atoms with Gasteiger partial charge in [0.1, 0.15) is 23.0 Å². The summed E-state index contributed by atoms with van der Waals surface area (Å²) in [6.07, 6.45) is 4.20. The van der Waals surface area contributed by atoms with E-state index < -0.39 is 0 Å². The molecule has 1 saturated carbocycles. The number of hydrogen-bond donors (Lipinski definition) is 4. The Morgan fingerprint density at radius 1 is 0.579 bits per heavy atom. The van der Waals surface area contributed by atoms with Gasteiger partial charge in [-0.1, -0.05) is 75.2 Å². The molecule has 1 fully saturated rings. The van der Waals surface area contributed by atoms with Crippen molar-refractivity contribution in [2.45, 2.75) is 50.4 Å². The van der Waals surface area contributed by atoms with Gasteiger partial charge >= 0.3 is 0 Å². The lowest BCUT2D eigenvalue weighted by Crippen LogP contribution is -2.24. The van der Waals surface area contributed by atoms with Crippen molar-refractivity contribution in [3.63, 3.8) is 0 Å². The quantitative estimate of drug-likeness (QED) is 0.180. The van der Waals surface area contributed by atoms with E-state index in [0.29, 0.717) is 20.4 Å². The lowest BCUT2D eigenvalue weighted by atomic mass is 9.72. The molecule has 4 aromatic rings. The molecule has 0 radical (unpaired) electrons. The summed E-state index contributed by atoms with van der Waals surface area (Å²) in [7, 11) is 0. The SMILES string of the molecule is CC(C)(c1ccc(O)c(Br)c1)c1ccc(O)c(Br)c1.Oc1ccccc1C1(c2ccccc2O)CCCC1. The van der Waals surface area contributed by atoms with Gasteiger partial charge in [-0.2, -0.15) is 0 Å². The average Bonchev–Trinajstić information content (AvgIpc) is 3.39. The van der Waals surface area contributed by atoms with Gasteiger partial charge in [0.05, 0.1) is 8.95 Å². The summed E-state index contributed by atoms with van der Waals surface area (Å²) in [4.78, 5) is 0. The Morgan fingerprint density at radius 3 is 1.34 bits per heavy atom. The van der Waals surface area contributed by atoms with Crippen LogP contribution < -0.4 is 0 Å². The number of halogens is 2. The van der Waals surface area contributed by atoms with E-state index >= 15 is 0 Å². The third-order valence-electron chi connectivity index (χ3n) is 7.64. The number of rotatable bonds is 4. The number of aromatic hydroxyl groups is 4. The van der Waals surface area contributed by atoms with Crippen molar-refractivity contribution in [1.29, 1.82) is 0 Å². The third-order valence-corrected chi connectivity index (χ3v) is 8.91. The smallest absolute Gasteiger partial charge is 0.129 e. The average molecular weight is 640 g/mol. The summed E-state index contributed by atoms with van der Waals surface area (Å²) in [5.74, 6) is 1.11. The minimum absolute atomic E-state index is 0.228. The van der Waals surface area contributed by atoms with Gasteiger partial charge in [-0.05, 0) is 92.2 Å². The highest BCUT2D eigenvalue weighted by molar-refractivity contribution is 9.10. The van der Waals surface area contributed by atoms with E-state index in [4.69, 9.17) is 0 Å². The number of para-hydroxylation sites is 2. The van der Waals surface area contributed by atoms with Gasteiger partial charge in [0.2, 0.25) is 0 Å². The molecule has 0 unspecified atom stereocenters. The van der Waals surface area contributed by atoms with Gasteiger partial charge in [0.25, 0.3) is 0 Å². The van der Waals surface area contributed by atoms with Crippen molar-refractivity contribution in [1.82, 2.24) is 0 Å². The highest BCUT2D eigenvalue weighted by Gasteiger charge is 2.40. The second-order valence-corrected chi connectivity index (χ2v) is 12.0. The molecule has 4 nitrogen and oxygen atoms in total. The predicted octanol–water partition coefficient (Wildman–Crippen LogP) is 8.91. The topological polar surface area (TPSA) is 80.9 Å². The van der Waals surface area contributed by atoms with Gasteiger partial charge in [0.15, 0.2) is 0 Å². The maximum atomic E-state index is 10.2. The zero-order valence-corrected chi connectivity index (χ0v) is 24.6.